The predicted octanol–water partition coefficient (Wildman–Crippen LogP) is 5.14. The molecule has 1 fully saturated rings. The van der Waals surface area contributed by atoms with Crippen LogP contribution >= 0.6 is 27.3 Å². The van der Waals surface area contributed by atoms with Crippen molar-refractivity contribution in [3.8, 4) is 22.8 Å². The Labute approximate surface area is 187 Å². The number of hydrogen-bond donors (Lipinski definition) is 0. The summed E-state index contributed by atoms with van der Waals surface area (Å²) in [6.45, 7) is 1.78. The van der Waals surface area contributed by atoms with Crippen LogP contribution in [0.2, 0.25) is 0 Å². The molecule has 1 aliphatic heterocycles. The van der Waals surface area contributed by atoms with Gasteiger partial charge in [-0.3, -0.25) is 0 Å². The summed E-state index contributed by atoms with van der Waals surface area (Å²) in [5.41, 5.74) is 2.31. The van der Waals surface area contributed by atoms with E-state index in [-0.39, 0.29) is 6.10 Å². The van der Waals surface area contributed by atoms with Gasteiger partial charge < -0.3 is 14.2 Å². The highest BCUT2D eigenvalue weighted by atomic mass is 79.9. The Morgan fingerprint density at radius 1 is 1.20 bits per heavy atom. The summed E-state index contributed by atoms with van der Waals surface area (Å²) in [4.78, 5) is 17.8. The second-order valence-electron chi connectivity index (χ2n) is 7.48. The van der Waals surface area contributed by atoms with Crippen molar-refractivity contribution in [3.63, 3.8) is 0 Å². The lowest BCUT2D eigenvalue weighted by molar-refractivity contribution is 0.0892. The Morgan fingerprint density at radius 2 is 2.03 bits per heavy atom. The molecule has 0 spiro atoms. The van der Waals surface area contributed by atoms with E-state index in [1.54, 1.807) is 24.6 Å². The number of methoxy groups -OCH3 is 1. The number of rotatable bonds is 4. The maximum absolute atomic E-state index is 5.69. The molecular formula is C22H22BrN5OS. The summed E-state index contributed by atoms with van der Waals surface area (Å²) >= 11 is 5.45. The molecule has 154 valence electrons. The van der Waals surface area contributed by atoms with Crippen LogP contribution in [0.5, 0.6) is 0 Å². The van der Waals surface area contributed by atoms with Gasteiger partial charge >= 0.3 is 0 Å². The van der Waals surface area contributed by atoms with Crippen LogP contribution in [0.25, 0.3) is 33.0 Å². The number of aromatic nitrogens is 4. The summed E-state index contributed by atoms with van der Waals surface area (Å²) in [6, 6.07) is 10.4. The average Bonchev–Trinajstić information content (AvgIpc) is 3.35. The third-order valence-corrected chi connectivity index (χ3v) is 7.34. The van der Waals surface area contributed by atoms with E-state index in [9.17, 15) is 0 Å². The molecule has 30 heavy (non-hydrogen) atoms. The molecule has 4 aromatic rings. The van der Waals surface area contributed by atoms with Crippen molar-refractivity contribution in [2.75, 3.05) is 25.1 Å². The standard InChI is InChI=1S/C22H22BrN5OS/c1-27-12-10-24-21(27)19-25-20(28-11-6-9-15(13-28)29-2)17-16(14-7-4-3-5-8-14)18(23)30-22(17)26-19/h3-5,7-8,10,12,15H,6,9,11,13H2,1-2H3. The molecule has 0 N–H and O–H groups in total. The Balaban J connectivity index is 1.76. The van der Waals surface area contributed by atoms with Gasteiger partial charge in [0.2, 0.25) is 0 Å². The zero-order chi connectivity index (χ0) is 20.7. The first-order valence-corrected chi connectivity index (χ1v) is 11.6. The molecule has 0 bridgehead atoms. The molecule has 6 nitrogen and oxygen atoms in total. The minimum absolute atomic E-state index is 0.211. The maximum atomic E-state index is 5.69. The minimum atomic E-state index is 0.211. The monoisotopic (exact) mass is 483 g/mol. The Morgan fingerprint density at radius 3 is 2.77 bits per heavy atom. The molecule has 3 aromatic heterocycles. The van der Waals surface area contributed by atoms with Gasteiger partial charge in [0.25, 0.3) is 0 Å². The summed E-state index contributed by atoms with van der Waals surface area (Å²) < 4.78 is 8.71. The number of anilines is 1. The first kappa shape index (κ1) is 19.7. The summed E-state index contributed by atoms with van der Waals surface area (Å²) in [7, 11) is 3.76. The van der Waals surface area contributed by atoms with E-state index >= 15 is 0 Å². The van der Waals surface area contributed by atoms with Crippen molar-refractivity contribution in [2.24, 2.45) is 7.05 Å². The van der Waals surface area contributed by atoms with Gasteiger partial charge in [-0.2, -0.15) is 0 Å². The normalized spacial score (nSPS) is 17.0. The number of fused-ring (bicyclic) bond motifs is 1. The molecule has 0 saturated carbocycles. The van der Waals surface area contributed by atoms with Gasteiger partial charge in [-0.25, -0.2) is 15.0 Å². The molecule has 8 heteroatoms. The molecular weight excluding hydrogens is 462 g/mol. The van der Waals surface area contributed by atoms with Crippen LogP contribution in [0.1, 0.15) is 12.8 Å². The first-order valence-electron chi connectivity index (χ1n) is 9.96. The molecule has 0 amide bonds. The van der Waals surface area contributed by atoms with E-state index in [1.165, 1.54) is 0 Å². The summed E-state index contributed by atoms with van der Waals surface area (Å²) in [6.07, 6.45) is 6.07. The molecule has 4 heterocycles. The number of imidazole rings is 1. The fourth-order valence-electron chi connectivity index (χ4n) is 4.05. The molecule has 1 aliphatic rings. The van der Waals surface area contributed by atoms with Gasteiger partial charge in [-0.1, -0.05) is 30.3 Å². The lowest BCUT2D eigenvalue weighted by Crippen LogP contribution is -2.39. The van der Waals surface area contributed by atoms with Crippen LogP contribution in [0.4, 0.5) is 5.82 Å². The van der Waals surface area contributed by atoms with Gasteiger partial charge in [0, 0.05) is 45.2 Å². The van der Waals surface area contributed by atoms with Crippen molar-refractivity contribution < 1.29 is 4.74 Å². The van der Waals surface area contributed by atoms with Crippen LogP contribution in [-0.4, -0.2) is 45.8 Å². The lowest BCUT2D eigenvalue weighted by Gasteiger charge is -2.33. The number of aryl methyl sites for hydroxylation is 1. The van der Waals surface area contributed by atoms with Crippen LogP contribution in [0.15, 0.2) is 46.5 Å². The number of piperidine rings is 1. The van der Waals surface area contributed by atoms with E-state index in [2.05, 4.69) is 50.1 Å². The zero-order valence-corrected chi connectivity index (χ0v) is 19.3. The smallest absolute Gasteiger partial charge is 0.199 e. The second-order valence-corrected chi connectivity index (χ2v) is 9.79. The Hall–Kier alpha value is -2.29. The van der Waals surface area contributed by atoms with Gasteiger partial charge in [0.1, 0.15) is 10.6 Å². The molecule has 1 aromatic carbocycles. The van der Waals surface area contributed by atoms with E-state index in [0.717, 1.165) is 62.7 Å². The van der Waals surface area contributed by atoms with E-state index < -0.39 is 0 Å². The topological polar surface area (TPSA) is 56.1 Å². The van der Waals surface area contributed by atoms with Crippen molar-refractivity contribution in [1.29, 1.82) is 0 Å². The highest BCUT2D eigenvalue weighted by molar-refractivity contribution is 9.11. The predicted molar refractivity (Wildman–Crippen MR) is 125 cm³/mol. The highest BCUT2D eigenvalue weighted by Crippen LogP contribution is 2.45. The number of halogens is 1. The summed E-state index contributed by atoms with van der Waals surface area (Å²) in [5, 5.41) is 1.09. The van der Waals surface area contributed by atoms with E-state index in [1.807, 2.05) is 23.9 Å². The van der Waals surface area contributed by atoms with Crippen molar-refractivity contribution in [2.45, 2.75) is 18.9 Å². The van der Waals surface area contributed by atoms with Crippen molar-refractivity contribution in [3.05, 3.63) is 46.5 Å². The Kier molecular flexibility index (Phi) is 5.30. The molecule has 0 aliphatic carbocycles. The quantitative estimate of drug-likeness (QED) is 0.402. The maximum Gasteiger partial charge on any atom is 0.199 e. The molecule has 0 radical (unpaired) electrons. The fraction of sp³-hybridized carbons (Fsp3) is 0.318. The van der Waals surface area contributed by atoms with E-state index in [0.29, 0.717) is 5.82 Å². The van der Waals surface area contributed by atoms with Crippen LogP contribution in [-0.2, 0) is 11.8 Å². The van der Waals surface area contributed by atoms with Gasteiger partial charge in [-0.15, -0.1) is 11.3 Å². The average molecular weight is 484 g/mol. The molecule has 1 saturated heterocycles. The Bertz CT molecular complexity index is 1190. The van der Waals surface area contributed by atoms with Crippen molar-refractivity contribution >= 4 is 43.3 Å². The van der Waals surface area contributed by atoms with Crippen LogP contribution in [0, 0.1) is 0 Å². The number of benzene rings is 1. The van der Waals surface area contributed by atoms with Gasteiger partial charge in [0.15, 0.2) is 11.6 Å². The minimum Gasteiger partial charge on any atom is -0.380 e. The largest absolute Gasteiger partial charge is 0.380 e. The second kappa shape index (κ2) is 8.09. The molecule has 1 unspecified atom stereocenters. The number of nitrogens with zero attached hydrogens (tertiary/aromatic N) is 5. The first-order chi connectivity index (χ1) is 14.7. The lowest BCUT2D eigenvalue weighted by atomic mass is 10.0. The SMILES string of the molecule is COC1CCCN(c2nc(-c3nccn3C)nc3sc(Br)c(-c4ccccc4)c23)C1. The fourth-order valence-corrected chi connectivity index (χ4v) is 5.86. The van der Waals surface area contributed by atoms with Gasteiger partial charge in [-0.05, 0) is 34.3 Å². The number of hydrogen-bond acceptors (Lipinski definition) is 6. The molecule has 1 atom stereocenters. The van der Waals surface area contributed by atoms with Crippen molar-refractivity contribution in [1.82, 2.24) is 19.5 Å². The third kappa shape index (κ3) is 3.42. The number of thiophene rings is 1. The molecule has 5 rings (SSSR count). The highest BCUT2D eigenvalue weighted by Gasteiger charge is 2.27. The van der Waals surface area contributed by atoms with Gasteiger partial charge in [0.05, 0.1) is 15.3 Å². The van der Waals surface area contributed by atoms with Crippen LogP contribution < -0.4 is 4.90 Å². The zero-order valence-electron chi connectivity index (χ0n) is 16.9. The number of ether oxygens (including phenoxy) is 1. The van der Waals surface area contributed by atoms with E-state index in [4.69, 9.17) is 14.7 Å². The third-order valence-electron chi connectivity index (χ3n) is 5.58. The summed E-state index contributed by atoms with van der Waals surface area (Å²) in [5.74, 6) is 2.38. The van der Waals surface area contributed by atoms with Crippen LogP contribution in [0.3, 0.4) is 0 Å².